The second-order valence-electron chi connectivity index (χ2n) is 15.3. The van der Waals surface area contributed by atoms with Crippen molar-refractivity contribution in [1.29, 1.82) is 0 Å². The molecule has 278 valence electrons. The van der Waals surface area contributed by atoms with Crippen molar-refractivity contribution in [2.24, 2.45) is 0 Å². The van der Waals surface area contributed by atoms with Gasteiger partial charge < -0.3 is 34.9 Å². The van der Waals surface area contributed by atoms with Crippen LogP contribution in [0.5, 0.6) is 0 Å². The van der Waals surface area contributed by atoms with Gasteiger partial charge in [0.1, 0.15) is 23.7 Å². The number of likely N-dealkylation sites (N-methyl/N-ethyl adjacent to an activating group) is 1. The Hall–Kier alpha value is -4.88. The minimum Gasteiger partial charge on any atom is -0.465 e. The molecule has 14 heteroatoms. The summed E-state index contributed by atoms with van der Waals surface area (Å²) in [5.41, 5.74) is 4.47. The molecule has 5 fully saturated rings. The molecule has 2 aliphatic heterocycles. The number of H-pyrrole nitrogens is 2. The van der Waals surface area contributed by atoms with Crippen molar-refractivity contribution < 1.29 is 29.0 Å². The quantitative estimate of drug-likeness (QED) is 0.227. The summed E-state index contributed by atoms with van der Waals surface area (Å²) in [6.07, 6.45) is 12.0. The maximum absolute atomic E-state index is 13.2. The summed E-state index contributed by atoms with van der Waals surface area (Å²) in [7, 11) is 2.71. The van der Waals surface area contributed by atoms with E-state index in [0.717, 1.165) is 97.7 Å². The van der Waals surface area contributed by atoms with Gasteiger partial charge in [-0.05, 0) is 89.0 Å². The fourth-order valence-electron chi connectivity index (χ4n) is 9.18. The number of fused-ring (bicyclic) bond motifs is 3. The topological polar surface area (TPSA) is 177 Å². The average molecular weight is 715 g/mol. The number of nitrogens with one attached hydrogen (secondary N) is 3. The summed E-state index contributed by atoms with van der Waals surface area (Å²) in [4.78, 5) is 70.9. The van der Waals surface area contributed by atoms with Crippen molar-refractivity contribution >= 4 is 24.0 Å². The fraction of sp³-hybridized carbons (Fsp3) is 0.579. The molecule has 5 aliphatic rings. The van der Waals surface area contributed by atoms with Gasteiger partial charge >= 0.3 is 12.2 Å². The van der Waals surface area contributed by atoms with E-state index in [1.54, 1.807) is 18.7 Å². The lowest BCUT2D eigenvalue weighted by Gasteiger charge is -2.53. The van der Waals surface area contributed by atoms with Crippen molar-refractivity contribution in [3.8, 4) is 11.3 Å². The lowest BCUT2D eigenvalue weighted by molar-refractivity contribution is -0.136. The molecular formula is C38H50N8O6. The zero-order valence-electron chi connectivity index (χ0n) is 30.5. The van der Waals surface area contributed by atoms with Gasteiger partial charge in [0.15, 0.2) is 0 Å². The number of carbonyl (C=O) groups excluding carboxylic acids is 3. The molecule has 3 aliphatic carbocycles. The number of carbonyl (C=O) groups is 4. The number of ether oxygens (including phenoxy) is 1. The molecule has 3 aromatic rings. The van der Waals surface area contributed by atoms with Crippen molar-refractivity contribution in [2.45, 2.75) is 113 Å². The number of nitrogens with zero attached hydrogens (tertiary/aromatic N) is 5. The molecule has 8 rings (SSSR count). The molecule has 14 nitrogen and oxygen atoms in total. The zero-order valence-corrected chi connectivity index (χ0v) is 30.5. The Bertz CT molecular complexity index is 1790. The SMILES string of the molecule is COC(=O)N[C@@H](C)C(=O)N1CCC[C@H]1c1nc(C23CCC(c4ccc(-c5c[nH]c([C@@H]6CCCN6C(=O)[C@H](C)N(C)C(=O)O)n5)cc4)(CC2)CC3)c[nH]1. The molecule has 0 radical (unpaired) electrons. The van der Waals surface area contributed by atoms with Gasteiger partial charge in [-0.15, -0.1) is 0 Å². The molecule has 52 heavy (non-hydrogen) atoms. The highest BCUT2D eigenvalue weighted by Gasteiger charge is 2.51. The number of aromatic nitrogens is 4. The second kappa shape index (κ2) is 13.9. The van der Waals surface area contributed by atoms with Gasteiger partial charge in [0.25, 0.3) is 0 Å². The van der Waals surface area contributed by atoms with E-state index in [1.807, 2.05) is 11.1 Å². The monoisotopic (exact) mass is 714 g/mol. The second-order valence-corrected chi connectivity index (χ2v) is 15.3. The summed E-state index contributed by atoms with van der Waals surface area (Å²) in [6, 6.07) is 7.02. The Labute approximate surface area is 303 Å². The number of rotatable bonds is 9. The molecular weight excluding hydrogens is 664 g/mol. The van der Waals surface area contributed by atoms with Gasteiger partial charge in [-0.3, -0.25) is 14.5 Å². The van der Waals surface area contributed by atoms with Crippen molar-refractivity contribution in [3.63, 3.8) is 0 Å². The van der Waals surface area contributed by atoms with Crippen LogP contribution in [0.15, 0.2) is 36.7 Å². The first-order chi connectivity index (χ1) is 24.9. The molecule has 2 bridgehead atoms. The maximum atomic E-state index is 13.2. The minimum absolute atomic E-state index is 0.0331. The Kier molecular flexibility index (Phi) is 9.51. The van der Waals surface area contributed by atoms with E-state index in [1.165, 1.54) is 19.7 Å². The number of carboxylic acid groups (broad SMARTS) is 1. The normalized spacial score (nSPS) is 26.6. The molecule has 4 heterocycles. The summed E-state index contributed by atoms with van der Waals surface area (Å²) in [5.74, 6) is 1.21. The van der Waals surface area contributed by atoms with E-state index in [2.05, 4.69) is 50.5 Å². The number of imidazole rings is 2. The standard InChI is InChI=1S/C38H50N8O6/c1-23(41-35(49)52-4)33(47)45-19-5-8-29(45)32-40-22-30(43-32)38-16-13-37(14-17-38,15-18-38)26-11-9-25(10-12-26)27-21-39-31(42-27)28-7-6-20-46(28)34(48)24(2)44(3)36(50)51/h9-12,21-24,28-29H,5-8,13-20H2,1-4H3,(H,39,42)(H,40,43)(H,41,49)(H,50,51)/t23-,24-,28-,29-,37?,38?/m0/s1. The largest absolute Gasteiger partial charge is 0.465 e. The van der Waals surface area contributed by atoms with Crippen LogP contribution in [0.3, 0.4) is 0 Å². The first kappa shape index (κ1) is 35.5. The molecule has 4 N–H and O–H groups in total. The molecule has 2 aromatic heterocycles. The van der Waals surface area contributed by atoms with Gasteiger partial charge in [-0.2, -0.15) is 0 Å². The number of likely N-dealkylation sites (tertiary alicyclic amines) is 2. The molecule has 4 atom stereocenters. The summed E-state index contributed by atoms with van der Waals surface area (Å²) in [5, 5.41) is 11.9. The van der Waals surface area contributed by atoms with Crippen molar-refractivity contribution in [1.82, 2.24) is 40.0 Å². The number of alkyl carbamates (subject to hydrolysis) is 1. The van der Waals surface area contributed by atoms with Crippen molar-refractivity contribution in [2.75, 3.05) is 27.2 Å². The molecule has 3 saturated carbocycles. The van der Waals surface area contributed by atoms with Gasteiger partial charge in [0.2, 0.25) is 11.8 Å². The van der Waals surface area contributed by atoms with E-state index >= 15 is 0 Å². The number of benzene rings is 1. The van der Waals surface area contributed by atoms with Gasteiger partial charge in [0, 0.05) is 43.5 Å². The third kappa shape index (κ3) is 6.29. The fourth-order valence-corrected chi connectivity index (χ4v) is 9.18. The highest BCUT2D eigenvalue weighted by atomic mass is 16.5. The molecule has 4 amide bonds. The van der Waals surface area contributed by atoms with Crippen LogP contribution in [-0.2, 0) is 25.2 Å². The van der Waals surface area contributed by atoms with Crippen molar-refractivity contribution in [3.05, 3.63) is 59.6 Å². The highest BCUT2D eigenvalue weighted by molar-refractivity contribution is 5.86. The van der Waals surface area contributed by atoms with Crippen LogP contribution in [0.4, 0.5) is 9.59 Å². The van der Waals surface area contributed by atoms with Gasteiger partial charge in [-0.1, -0.05) is 24.3 Å². The van der Waals surface area contributed by atoms with Gasteiger partial charge in [0.05, 0.1) is 30.6 Å². The predicted octanol–water partition coefficient (Wildman–Crippen LogP) is 5.41. The van der Waals surface area contributed by atoms with Crippen LogP contribution in [0.25, 0.3) is 11.3 Å². The van der Waals surface area contributed by atoms with E-state index in [9.17, 15) is 24.3 Å². The summed E-state index contributed by atoms with van der Waals surface area (Å²) < 4.78 is 4.68. The number of aromatic amines is 2. The Morgan fingerprint density at radius 3 is 2.02 bits per heavy atom. The lowest BCUT2D eigenvalue weighted by atomic mass is 9.51. The maximum Gasteiger partial charge on any atom is 0.407 e. The highest BCUT2D eigenvalue weighted by Crippen LogP contribution is 2.58. The number of amides is 4. The van der Waals surface area contributed by atoms with Crippen LogP contribution in [-0.4, -0.2) is 103 Å². The Morgan fingerprint density at radius 2 is 1.42 bits per heavy atom. The van der Waals surface area contributed by atoms with Crippen LogP contribution >= 0.6 is 0 Å². The third-order valence-corrected chi connectivity index (χ3v) is 12.6. The van der Waals surface area contributed by atoms with Crippen LogP contribution in [0.2, 0.25) is 0 Å². The van der Waals surface area contributed by atoms with E-state index in [4.69, 9.17) is 9.97 Å². The Morgan fingerprint density at radius 1 is 0.865 bits per heavy atom. The minimum atomic E-state index is -1.13. The molecule has 0 spiro atoms. The molecule has 1 aromatic carbocycles. The number of hydrogen-bond acceptors (Lipinski definition) is 7. The molecule has 0 unspecified atom stereocenters. The zero-order chi connectivity index (χ0) is 36.8. The third-order valence-electron chi connectivity index (χ3n) is 12.6. The first-order valence-electron chi connectivity index (χ1n) is 18.6. The predicted molar refractivity (Wildman–Crippen MR) is 191 cm³/mol. The first-order valence-corrected chi connectivity index (χ1v) is 18.6. The number of hydrogen-bond donors (Lipinski definition) is 4. The van der Waals surface area contributed by atoms with E-state index in [0.29, 0.717) is 13.1 Å². The number of methoxy groups -OCH3 is 1. The average Bonchev–Trinajstić information content (AvgIpc) is 4.01. The van der Waals surface area contributed by atoms with Gasteiger partial charge in [-0.25, -0.2) is 19.6 Å². The Balaban J connectivity index is 0.990. The summed E-state index contributed by atoms with van der Waals surface area (Å²) >= 11 is 0. The van der Waals surface area contributed by atoms with Crippen LogP contribution in [0.1, 0.15) is 113 Å². The molecule has 2 saturated heterocycles. The van der Waals surface area contributed by atoms with E-state index in [-0.39, 0.29) is 34.7 Å². The van der Waals surface area contributed by atoms with E-state index < -0.39 is 24.3 Å². The lowest BCUT2D eigenvalue weighted by Crippen LogP contribution is -2.47. The van der Waals surface area contributed by atoms with Crippen LogP contribution < -0.4 is 5.32 Å². The smallest absolute Gasteiger partial charge is 0.407 e. The van der Waals surface area contributed by atoms with Crippen LogP contribution in [0, 0.1) is 0 Å². The summed E-state index contributed by atoms with van der Waals surface area (Å²) in [6.45, 7) is 4.52.